The molecule has 1 fully saturated rings. The van der Waals surface area contributed by atoms with Crippen molar-refractivity contribution in [3.63, 3.8) is 0 Å². The number of hydrogen-bond donors (Lipinski definition) is 2. The topological polar surface area (TPSA) is 75.4 Å². The molecule has 120 valence electrons. The molecule has 0 bridgehead atoms. The van der Waals surface area contributed by atoms with Gasteiger partial charge in [0.25, 0.3) is 0 Å². The summed E-state index contributed by atoms with van der Waals surface area (Å²) >= 11 is 1.79. The lowest BCUT2D eigenvalue weighted by molar-refractivity contribution is -0.125. The molecule has 3 N–H and O–H groups in total. The van der Waals surface area contributed by atoms with Gasteiger partial charge in [-0.25, -0.2) is 0 Å². The van der Waals surface area contributed by atoms with Gasteiger partial charge in [-0.3, -0.25) is 14.5 Å². The first-order valence-electron chi connectivity index (χ1n) is 7.65. The lowest BCUT2D eigenvalue weighted by Gasteiger charge is -2.20. The Hall–Kier alpha value is -1.53. The van der Waals surface area contributed by atoms with Crippen molar-refractivity contribution in [2.75, 3.05) is 25.4 Å². The van der Waals surface area contributed by atoms with Gasteiger partial charge in [-0.05, 0) is 43.7 Å². The number of carbonyl (C=O) groups excluding carboxylic acids is 2. The summed E-state index contributed by atoms with van der Waals surface area (Å²) in [5, 5.41) is 2.91. The number of rotatable bonds is 8. The van der Waals surface area contributed by atoms with E-state index in [4.69, 9.17) is 5.73 Å². The van der Waals surface area contributed by atoms with Crippen molar-refractivity contribution >= 4 is 23.6 Å². The summed E-state index contributed by atoms with van der Waals surface area (Å²) < 4.78 is 0. The fraction of sp³-hybridized carbons (Fsp3) is 0.500. The molecule has 1 saturated heterocycles. The molecule has 1 aliphatic heterocycles. The number of nitrogens with one attached hydrogen (secondary N) is 1. The predicted molar refractivity (Wildman–Crippen MR) is 88.6 cm³/mol. The van der Waals surface area contributed by atoms with Crippen LogP contribution in [-0.4, -0.2) is 48.1 Å². The highest BCUT2D eigenvalue weighted by Gasteiger charge is 2.29. The Morgan fingerprint density at radius 3 is 2.82 bits per heavy atom. The summed E-state index contributed by atoms with van der Waals surface area (Å²) in [5.74, 6) is 0.611. The highest BCUT2D eigenvalue weighted by Crippen LogP contribution is 2.17. The fourth-order valence-corrected chi connectivity index (χ4v) is 3.46. The van der Waals surface area contributed by atoms with Gasteiger partial charge in [-0.2, -0.15) is 0 Å². The largest absolute Gasteiger partial charge is 0.368 e. The molecule has 2 rings (SSSR count). The average Bonchev–Trinajstić information content (AvgIpc) is 2.96. The highest BCUT2D eigenvalue weighted by atomic mass is 32.2. The second-order valence-corrected chi connectivity index (χ2v) is 6.56. The minimum absolute atomic E-state index is 0.0298. The third-order valence-electron chi connectivity index (χ3n) is 3.69. The monoisotopic (exact) mass is 321 g/mol. The van der Waals surface area contributed by atoms with Crippen LogP contribution in [0.15, 0.2) is 35.2 Å². The molecule has 6 heteroatoms. The molecule has 1 aromatic carbocycles. The van der Waals surface area contributed by atoms with Crippen LogP contribution in [0.1, 0.15) is 19.3 Å². The van der Waals surface area contributed by atoms with Crippen molar-refractivity contribution < 1.29 is 9.59 Å². The van der Waals surface area contributed by atoms with E-state index in [1.165, 1.54) is 4.90 Å². The lowest BCUT2D eigenvalue weighted by Crippen LogP contribution is -2.45. The van der Waals surface area contributed by atoms with E-state index < -0.39 is 0 Å². The van der Waals surface area contributed by atoms with Crippen molar-refractivity contribution in [3.05, 3.63) is 30.3 Å². The number of amides is 2. The van der Waals surface area contributed by atoms with Crippen LogP contribution >= 0.6 is 11.8 Å². The Morgan fingerprint density at radius 1 is 1.32 bits per heavy atom. The van der Waals surface area contributed by atoms with Gasteiger partial charge in [-0.1, -0.05) is 18.2 Å². The van der Waals surface area contributed by atoms with E-state index in [-0.39, 0.29) is 24.4 Å². The van der Waals surface area contributed by atoms with Gasteiger partial charge in [0.15, 0.2) is 0 Å². The van der Waals surface area contributed by atoms with Gasteiger partial charge >= 0.3 is 0 Å². The van der Waals surface area contributed by atoms with E-state index in [9.17, 15) is 9.59 Å². The number of benzene rings is 1. The number of likely N-dealkylation sites (tertiary alicyclic amines) is 1. The van der Waals surface area contributed by atoms with Crippen molar-refractivity contribution in [3.8, 4) is 0 Å². The standard InChI is InChI=1S/C16H23N3O2S/c17-16(21)14-8-4-10-19(14)12-15(20)18-9-5-11-22-13-6-2-1-3-7-13/h1-3,6-7,14H,4-5,8-12H2,(H2,17,21)(H,18,20)/t14-/m0/s1. The molecule has 1 atom stereocenters. The summed E-state index contributed by atoms with van der Waals surface area (Å²) in [6.07, 6.45) is 2.61. The molecular formula is C16H23N3O2S. The normalized spacial score (nSPS) is 18.3. The van der Waals surface area contributed by atoms with Gasteiger partial charge < -0.3 is 11.1 Å². The molecule has 1 heterocycles. The van der Waals surface area contributed by atoms with Crippen LogP contribution in [0.25, 0.3) is 0 Å². The summed E-state index contributed by atoms with van der Waals surface area (Å²) in [6.45, 7) is 1.69. The van der Waals surface area contributed by atoms with E-state index in [1.807, 2.05) is 23.1 Å². The highest BCUT2D eigenvalue weighted by molar-refractivity contribution is 7.99. The van der Waals surface area contributed by atoms with Gasteiger partial charge in [0, 0.05) is 11.4 Å². The van der Waals surface area contributed by atoms with Crippen molar-refractivity contribution in [2.24, 2.45) is 5.73 Å². The molecule has 0 unspecified atom stereocenters. The molecule has 1 aliphatic rings. The maximum Gasteiger partial charge on any atom is 0.234 e. The molecule has 1 aromatic rings. The second-order valence-electron chi connectivity index (χ2n) is 5.40. The van der Waals surface area contributed by atoms with Crippen LogP contribution in [0.4, 0.5) is 0 Å². The van der Waals surface area contributed by atoms with E-state index in [0.717, 1.165) is 31.6 Å². The Balaban J connectivity index is 1.59. The molecule has 0 spiro atoms. The first-order chi connectivity index (χ1) is 10.7. The fourth-order valence-electron chi connectivity index (χ4n) is 2.58. The van der Waals surface area contributed by atoms with E-state index in [1.54, 1.807) is 11.8 Å². The zero-order chi connectivity index (χ0) is 15.8. The quantitative estimate of drug-likeness (QED) is 0.558. The van der Waals surface area contributed by atoms with E-state index >= 15 is 0 Å². The third-order valence-corrected chi connectivity index (χ3v) is 4.79. The number of primary amides is 1. The smallest absolute Gasteiger partial charge is 0.234 e. The average molecular weight is 321 g/mol. The first-order valence-corrected chi connectivity index (χ1v) is 8.63. The Labute approximate surface area is 135 Å². The summed E-state index contributed by atoms with van der Waals surface area (Å²) in [6, 6.07) is 9.94. The molecule has 0 saturated carbocycles. The number of nitrogens with two attached hydrogens (primary N) is 1. The molecule has 22 heavy (non-hydrogen) atoms. The van der Waals surface area contributed by atoms with E-state index in [0.29, 0.717) is 6.54 Å². The second kappa shape index (κ2) is 8.80. The predicted octanol–water partition coefficient (Wildman–Crippen LogP) is 1.23. The Kier molecular flexibility index (Phi) is 6.74. The zero-order valence-electron chi connectivity index (χ0n) is 12.7. The van der Waals surface area contributed by atoms with Gasteiger partial charge in [0.2, 0.25) is 11.8 Å². The number of carbonyl (C=O) groups is 2. The third kappa shape index (κ3) is 5.35. The minimum atomic E-state index is -0.329. The summed E-state index contributed by atoms with van der Waals surface area (Å²) in [7, 11) is 0. The van der Waals surface area contributed by atoms with Crippen LogP contribution in [0.5, 0.6) is 0 Å². The molecular weight excluding hydrogens is 298 g/mol. The van der Waals surface area contributed by atoms with Crippen LogP contribution < -0.4 is 11.1 Å². The Morgan fingerprint density at radius 2 is 2.09 bits per heavy atom. The van der Waals surface area contributed by atoms with Crippen LogP contribution in [-0.2, 0) is 9.59 Å². The van der Waals surface area contributed by atoms with E-state index in [2.05, 4.69) is 17.4 Å². The SMILES string of the molecule is NC(=O)[C@@H]1CCCN1CC(=O)NCCCSc1ccccc1. The number of hydrogen-bond acceptors (Lipinski definition) is 4. The zero-order valence-corrected chi connectivity index (χ0v) is 13.5. The number of nitrogens with zero attached hydrogens (tertiary/aromatic N) is 1. The number of thioether (sulfide) groups is 1. The van der Waals surface area contributed by atoms with Crippen molar-refractivity contribution in [1.82, 2.24) is 10.2 Å². The molecule has 5 nitrogen and oxygen atoms in total. The van der Waals surface area contributed by atoms with Crippen LogP contribution in [0, 0.1) is 0 Å². The van der Waals surface area contributed by atoms with Crippen LogP contribution in [0.2, 0.25) is 0 Å². The van der Waals surface area contributed by atoms with Gasteiger partial charge in [-0.15, -0.1) is 11.8 Å². The molecule has 0 radical (unpaired) electrons. The lowest BCUT2D eigenvalue weighted by atomic mass is 10.2. The maximum atomic E-state index is 11.9. The summed E-state index contributed by atoms with van der Waals surface area (Å²) in [4.78, 5) is 26.3. The van der Waals surface area contributed by atoms with Crippen molar-refractivity contribution in [2.45, 2.75) is 30.2 Å². The van der Waals surface area contributed by atoms with Crippen LogP contribution in [0.3, 0.4) is 0 Å². The Bertz CT molecular complexity index is 495. The van der Waals surface area contributed by atoms with Crippen molar-refractivity contribution in [1.29, 1.82) is 0 Å². The first kappa shape index (κ1) is 16.8. The molecule has 2 amide bonds. The summed E-state index contributed by atoms with van der Waals surface area (Å²) in [5.41, 5.74) is 5.34. The molecule has 0 aromatic heterocycles. The molecule has 0 aliphatic carbocycles. The van der Waals surface area contributed by atoms with Gasteiger partial charge in [0.1, 0.15) is 0 Å². The maximum absolute atomic E-state index is 11.9. The van der Waals surface area contributed by atoms with Gasteiger partial charge in [0.05, 0.1) is 12.6 Å². The minimum Gasteiger partial charge on any atom is -0.368 e.